The molecule has 0 aromatic heterocycles. The fraction of sp³-hybridized carbons (Fsp3) is 0.550. The summed E-state index contributed by atoms with van der Waals surface area (Å²) in [5.41, 5.74) is 0.536. The number of carbonyl (C=O) groups is 3. The summed E-state index contributed by atoms with van der Waals surface area (Å²) in [5, 5.41) is 2.63. The van der Waals surface area contributed by atoms with Crippen molar-refractivity contribution in [3.63, 3.8) is 0 Å². The van der Waals surface area contributed by atoms with Crippen LogP contribution in [0, 0.1) is 0 Å². The van der Waals surface area contributed by atoms with Gasteiger partial charge in [-0.05, 0) is 65.2 Å². The molecule has 1 saturated carbocycles. The second-order valence-corrected chi connectivity index (χ2v) is 8.56. The van der Waals surface area contributed by atoms with Gasteiger partial charge in [0.1, 0.15) is 5.60 Å². The minimum absolute atomic E-state index is 0.00485. The lowest BCUT2D eigenvalue weighted by Crippen LogP contribution is -2.37. The molecule has 0 unspecified atom stereocenters. The largest absolute Gasteiger partial charge is 0.465 e. The van der Waals surface area contributed by atoms with Crippen LogP contribution in [-0.2, 0) is 19.7 Å². The van der Waals surface area contributed by atoms with Gasteiger partial charge in [-0.15, -0.1) is 0 Å². The highest BCUT2D eigenvalue weighted by atomic mass is 16.6. The van der Waals surface area contributed by atoms with Crippen molar-refractivity contribution < 1.29 is 23.9 Å². The molecular weight excluding hydrogens is 348 g/mol. The van der Waals surface area contributed by atoms with E-state index in [-0.39, 0.29) is 23.2 Å². The number of nitrogens with one attached hydrogen (secondary N) is 1. The van der Waals surface area contributed by atoms with Crippen LogP contribution in [0.4, 0.5) is 16.2 Å². The third-order valence-corrected chi connectivity index (χ3v) is 4.78. The van der Waals surface area contributed by atoms with Gasteiger partial charge in [-0.3, -0.25) is 10.1 Å². The number of hydrogen-bond donors (Lipinski definition) is 1. The molecule has 0 saturated heterocycles. The zero-order chi connectivity index (χ0) is 20.1. The van der Waals surface area contributed by atoms with Gasteiger partial charge in [-0.2, -0.15) is 0 Å². The summed E-state index contributed by atoms with van der Waals surface area (Å²) in [5.74, 6) is -0.581. The van der Waals surface area contributed by atoms with Crippen LogP contribution in [0.2, 0.25) is 0 Å². The average molecular weight is 374 g/mol. The molecule has 2 amide bonds. The molecular formula is C20H26N2O5. The SMILES string of the molecule is COC(=O)c1cc2c(cc1NC(=O)OC(C)(C)C)C(C)(C)C(=O)N2C1CC1. The van der Waals surface area contributed by atoms with Gasteiger partial charge in [0, 0.05) is 11.7 Å². The maximum Gasteiger partial charge on any atom is 0.412 e. The monoisotopic (exact) mass is 374 g/mol. The smallest absolute Gasteiger partial charge is 0.412 e. The molecule has 1 aromatic carbocycles. The highest BCUT2D eigenvalue weighted by Crippen LogP contribution is 2.48. The quantitative estimate of drug-likeness (QED) is 0.817. The molecule has 0 atom stereocenters. The number of fused-ring (bicyclic) bond motifs is 1. The van der Waals surface area contributed by atoms with Gasteiger partial charge >= 0.3 is 12.1 Å². The zero-order valence-electron chi connectivity index (χ0n) is 16.6. The van der Waals surface area contributed by atoms with Gasteiger partial charge in [-0.25, -0.2) is 9.59 Å². The van der Waals surface area contributed by atoms with Gasteiger partial charge in [-0.1, -0.05) is 0 Å². The molecule has 1 N–H and O–H groups in total. The lowest BCUT2D eigenvalue weighted by atomic mass is 9.85. The first-order chi connectivity index (χ1) is 12.5. The lowest BCUT2D eigenvalue weighted by molar-refractivity contribution is -0.122. The van der Waals surface area contributed by atoms with Crippen LogP contribution >= 0.6 is 0 Å². The van der Waals surface area contributed by atoms with Crippen LogP contribution in [0.1, 0.15) is 63.4 Å². The highest BCUT2D eigenvalue weighted by Gasteiger charge is 2.49. The van der Waals surface area contributed by atoms with Crippen molar-refractivity contribution in [3.8, 4) is 0 Å². The molecule has 146 valence electrons. The van der Waals surface area contributed by atoms with Crippen molar-refractivity contribution >= 4 is 29.3 Å². The summed E-state index contributed by atoms with van der Waals surface area (Å²) >= 11 is 0. The summed E-state index contributed by atoms with van der Waals surface area (Å²) in [6.07, 6.45) is 1.23. The number of rotatable bonds is 3. The van der Waals surface area contributed by atoms with E-state index < -0.39 is 23.1 Å². The van der Waals surface area contributed by atoms with Crippen molar-refractivity contribution in [3.05, 3.63) is 23.3 Å². The Bertz CT molecular complexity index is 818. The van der Waals surface area contributed by atoms with Gasteiger partial charge in [0.05, 0.1) is 23.8 Å². The Labute approximate surface area is 159 Å². The Hall–Kier alpha value is -2.57. The predicted molar refractivity (Wildman–Crippen MR) is 101 cm³/mol. The normalized spacial score (nSPS) is 18.1. The van der Waals surface area contributed by atoms with E-state index in [1.807, 2.05) is 13.8 Å². The molecule has 1 fully saturated rings. The first kappa shape index (κ1) is 19.2. The Morgan fingerprint density at radius 3 is 2.37 bits per heavy atom. The molecule has 7 heteroatoms. The molecule has 1 aliphatic heterocycles. The topological polar surface area (TPSA) is 84.9 Å². The minimum Gasteiger partial charge on any atom is -0.465 e. The second kappa shape index (κ2) is 6.25. The molecule has 2 aliphatic rings. The molecule has 7 nitrogen and oxygen atoms in total. The van der Waals surface area contributed by atoms with Crippen molar-refractivity contribution in [2.45, 2.75) is 64.5 Å². The second-order valence-electron chi connectivity index (χ2n) is 8.56. The van der Waals surface area contributed by atoms with E-state index in [4.69, 9.17) is 9.47 Å². The molecule has 1 aliphatic carbocycles. The fourth-order valence-corrected chi connectivity index (χ4v) is 3.30. The van der Waals surface area contributed by atoms with Crippen molar-refractivity contribution in [2.75, 3.05) is 17.3 Å². The van der Waals surface area contributed by atoms with Crippen LogP contribution in [0.3, 0.4) is 0 Å². The number of carbonyl (C=O) groups excluding carboxylic acids is 3. The molecule has 0 spiro atoms. The Kier molecular flexibility index (Phi) is 4.44. The first-order valence-electron chi connectivity index (χ1n) is 9.06. The first-order valence-corrected chi connectivity index (χ1v) is 9.06. The maximum atomic E-state index is 12.9. The molecule has 3 rings (SSSR count). The number of hydrogen-bond acceptors (Lipinski definition) is 5. The van der Waals surface area contributed by atoms with Crippen LogP contribution in [0.15, 0.2) is 12.1 Å². The number of anilines is 2. The van der Waals surface area contributed by atoms with Gasteiger partial charge in [0.2, 0.25) is 5.91 Å². The number of benzene rings is 1. The van der Waals surface area contributed by atoms with Gasteiger partial charge in [0.25, 0.3) is 0 Å². The van der Waals surface area contributed by atoms with E-state index in [1.165, 1.54) is 7.11 Å². The molecule has 0 radical (unpaired) electrons. The van der Waals surface area contributed by atoms with Crippen molar-refractivity contribution in [1.29, 1.82) is 0 Å². The Morgan fingerprint density at radius 2 is 1.85 bits per heavy atom. The number of ether oxygens (including phenoxy) is 2. The van der Waals surface area contributed by atoms with E-state index in [1.54, 1.807) is 37.8 Å². The summed E-state index contributed by atoms with van der Waals surface area (Å²) in [6.45, 7) is 8.97. The summed E-state index contributed by atoms with van der Waals surface area (Å²) in [6, 6.07) is 3.50. The van der Waals surface area contributed by atoms with E-state index in [9.17, 15) is 14.4 Å². The van der Waals surface area contributed by atoms with Crippen LogP contribution in [0.25, 0.3) is 0 Å². The van der Waals surface area contributed by atoms with Gasteiger partial charge < -0.3 is 14.4 Å². The third-order valence-electron chi connectivity index (χ3n) is 4.78. The molecule has 1 aromatic rings. The van der Waals surface area contributed by atoms with E-state index in [2.05, 4.69) is 5.32 Å². The standard InChI is InChI=1S/C20H26N2O5/c1-19(2,3)27-18(25)21-14-10-13-15(9-12(14)16(23)26-6)22(11-7-8-11)17(24)20(13,4)5/h9-11H,7-8H2,1-6H3,(H,21,25). The van der Waals surface area contributed by atoms with E-state index in [0.717, 1.165) is 18.4 Å². The predicted octanol–water partition coefficient (Wildman–Crippen LogP) is 3.61. The number of nitrogens with zero attached hydrogens (tertiary/aromatic N) is 1. The number of amides is 2. The van der Waals surface area contributed by atoms with Crippen molar-refractivity contribution in [2.24, 2.45) is 0 Å². The average Bonchev–Trinajstić information content (AvgIpc) is 3.34. The van der Waals surface area contributed by atoms with Crippen LogP contribution in [-0.4, -0.2) is 36.7 Å². The lowest BCUT2D eigenvalue weighted by Gasteiger charge is -2.21. The molecule has 1 heterocycles. The third kappa shape index (κ3) is 3.50. The molecule has 27 heavy (non-hydrogen) atoms. The fourth-order valence-electron chi connectivity index (χ4n) is 3.30. The molecule has 0 bridgehead atoms. The van der Waals surface area contributed by atoms with Crippen molar-refractivity contribution in [1.82, 2.24) is 0 Å². The minimum atomic E-state index is -0.739. The van der Waals surface area contributed by atoms with Crippen LogP contribution in [0.5, 0.6) is 0 Å². The number of esters is 1. The summed E-state index contributed by atoms with van der Waals surface area (Å²) in [4.78, 5) is 39.3. The van der Waals surface area contributed by atoms with Gasteiger partial charge in [0.15, 0.2) is 0 Å². The number of methoxy groups -OCH3 is 1. The van der Waals surface area contributed by atoms with Crippen LogP contribution < -0.4 is 10.2 Å². The van der Waals surface area contributed by atoms with E-state index in [0.29, 0.717) is 5.69 Å². The van der Waals surface area contributed by atoms with E-state index >= 15 is 0 Å². The Morgan fingerprint density at radius 1 is 1.22 bits per heavy atom. The maximum absolute atomic E-state index is 12.9. The highest BCUT2D eigenvalue weighted by molar-refractivity contribution is 6.11. The summed E-state index contributed by atoms with van der Waals surface area (Å²) in [7, 11) is 1.28. The zero-order valence-corrected chi connectivity index (χ0v) is 16.6. The summed E-state index contributed by atoms with van der Waals surface area (Å²) < 4.78 is 10.2. The Balaban J connectivity index is 2.06.